The highest BCUT2D eigenvalue weighted by atomic mass is 15.7. The molecule has 50 valence electrons. The van der Waals surface area contributed by atoms with Gasteiger partial charge in [-0.25, -0.2) is 5.10 Å². The minimum atomic E-state index is 0.394. The zero-order valence-electron chi connectivity index (χ0n) is 4.71. The van der Waals surface area contributed by atoms with E-state index >= 15 is 0 Å². The summed E-state index contributed by atoms with van der Waals surface area (Å²) in [5.74, 6) is 0.394. The fourth-order valence-corrected chi connectivity index (χ4v) is 0.510. The lowest BCUT2D eigenvalue weighted by Gasteiger charge is -1.83. The minimum Gasteiger partial charge on any atom is -0.242 e. The molecule has 0 saturated carbocycles. The molecule has 0 amide bonds. The predicted octanol–water partition coefficient (Wildman–Crippen LogP) is -1.82. The van der Waals surface area contributed by atoms with Gasteiger partial charge in [-0.3, -0.25) is 0 Å². The van der Waals surface area contributed by atoms with E-state index in [0.29, 0.717) is 5.95 Å². The molecule has 0 atom stereocenters. The Morgan fingerprint density at radius 3 is 2.70 bits per heavy atom. The van der Waals surface area contributed by atoms with Crippen LogP contribution in [0.3, 0.4) is 0 Å². The summed E-state index contributed by atoms with van der Waals surface area (Å²) in [4.78, 5) is 4.88. The summed E-state index contributed by atoms with van der Waals surface area (Å²) in [5, 5.41) is 19.5. The van der Waals surface area contributed by atoms with Gasteiger partial charge in [0.05, 0.1) is 0 Å². The molecule has 8 nitrogen and oxygen atoms in total. The van der Waals surface area contributed by atoms with E-state index in [1.165, 1.54) is 6.33 Å². The van der Waals surface area contributed by atoms with Gasteiger partial charge in [-0.15, -0.1) is 0 Å². The maximum Gasteiger partial charge on any atom is 0.268 e. The zero-order valence-corrected chi connectivity index (χ0v) is 4.71. The van der Waals surface area contributed by atoms with Gasteiger partial charge in [0.2, 0.25) is 0 Å². The highest BCUT2D eigenvalue weighted by molar-refractivity contribution is 4.96. The van der Waals surface area contributed by atoms with Crippen LogP contribution >= 0.6 is 0 Å². The summed E-state index contributed by atoms with van der Waals surface area (Å²) in [6.45, 7) is 0. The van der Waals surface area contributed by atoms with Gasteiger partial charge in [-0.05, 0) is 20.9 Å². The average Bonchev–Trinajstić information content (AvgIpc) is 2.59. The number of hydrogen-bond acceptors (Lipinski definition) is 6. The Morgan fingerprint density at radius 1 is 1.30 bits per heavy atom. The Morgan fingerprint density at radius 2 is 2.10 bits per heavy atom. The van der Waals surface area contributed by atoms with E-state index in [4.69, 9.17) is 0 Å². The van der Waals surface area contributed by atoms with Crippen molar-refractivity contribution in [1.82, 2.24) is 40.8 Å². The molecular weight excluding hydrogens is 136 g/mol. The molecule has 0 bridgehead atoms. The van der Waals surface area contributed by atoms with Crippen molar-refractivity contribution in [3.63, 3.8) is 0 Å². The van der Waals surface area contributed by atoms with Crippen LogP contribution in [-0.2, 0) is 0 Å². The Balaban J connectivity index is 2.48. The van der Waals surface area contributed by atoms with Gasteiger partial charge < -0.3 is 0 Å². The predicted molar refractivity (Wildman–Crippen MR) is 26.9 cm³/mol. The van der Waals surface area contributed by atoms with Gasteiger partial charge in [-0.2, -0.15) is 10.1 Å². The number of rotatable bonds is 1. The lowest BCUT2D eigenvalue weighted by molar-refractivity contribution is 0.673. The third-order valence-electron chi connectivity index (χ3n) is 0.881. The quantitative estimate of drug-likeness (QED) is 0.498. The molecule has 8 heteroatoms. The molecule has 2 aromatic heterocycles. The smallest absolute Gasteiger partial charge is 0.242 e. The Hall–Kier alpha value is -1.86. The van der Waals surface area contributed by atoms with Crippen molar-refractivity contribution in [2.45, 2.75) is 0 Å². The van der Waals surface area contributed by atoms with Crippen molar-refractivity contribution < 1.29 is 0 Å². The summed E-state index contributed by atoms with van der Waals surface area (Å²) in [6.07, 6.45) is 1.35. The van der Waals surface area contributed by atoms with Crippen LogP contribution in [0.15, 0.2) is 6.33 Å². The topological polar surface area (TPSA) is 98.1 Å². The van der Waals surface area contributed by atoms with E-state index in [-0.39, 0.29) is 0 Å². The molecule has 0 unspecified atom stereocenters. The third-order valence-corrected chi connectivity index (χ3v) is 0.881. The molecule has 1 N–H and O–H groups in total. The van der Waals surface area contributed by atoms with E-state index in [0.717, 1.165) is 4.80 Å². The van der Waals surface area contributed by atoms with Crippen LogP contribution in [0.5, 0.6) is 0 Å². The van der Waals surface area contributed by atoms with Crippen molar-refractivity contribution in [2.24, 2.45) is 0 Å². The monoisotopic (exact) mass is 138 g/mol. The second-order valence-corrected chi connectivity index (χ2v) is 1.46. The molecule has 0 aromatic carbocycles. The molecule has 10 heavy (non-hydrogen) atoms. The summed E-state index contributed by atoms with van der Waals surface area (Å²) in [6, 6.07) is 0. The summed E-state index contributed by atoms with van der Waals surface area (Å²) in [7, 11) is 0. The van der Waals surface area contributed by atoms with E-state index < -0.39 is 0 Å². The van der Waals surface area contributed by atoms with Crippen LogP contribution in [-0.4, -0.2) is 40.8 Å². The first-order valence-electron chi connectivity index (χ1n) is 2.44. The lowest BCUT2D eigenvalue weighted by Crippen LogP contribution is -2.01. The Labute approximate surface area is 54.2 Å². The molecule has 2 aromatic rings. The average molecular weight is 138 g/mol. The molecule has 0 spiro atoms. The van der Waals surface area contributed by atoms with Gasteiger partial charge in [0.1, 0.15) is 6.33 Å². The van der Waals surface area contributed by atoms with Crippen molar-refractivity contribution in [1.29, 1.82) is 0 Å². The zero-order chi connectivity index (χ0) is 6.81. The van der Waals surface area contributed by atoms with Crippen LogP contribution in [0, 0.1) is 0 Å². The fraction of sp³-hybridized carbons (Fsp3) is 0. The van der Waals surface area contributed by atoms with E-state index in [1.807, 2.05) is 0 Å². The maximum atomic E-state index is 3.75. The highest BCUT2D eigenvalue weighted by Crippen LogP contribution is 1.85. The minimum absolute atomic E-state index is 0.394. The first kappa shape index (κ1) is 4.97. The molecule has 2 rings (SSSR count). The molecule has 2 heterocycles. The standard InChI is InChI=1S/C2H2N8/c1-3-2(5-4-1)10-8-6-7-9-10/h1H,(H,3,4,5). The summed E-state index contributed by atoms with van der Waals surface area (Å²) < 4.78 is 0. The Kier molecular flexibility index (Phi) is 0.907. The Bertz CT molecular complexity index is 247. The number of H-pyrrole nitrogens is 1. The molecular formula is C2H2N8. The van der Waals surface area contributed by atoms with Gasteiger partial charge >= 0.3 is 0 Å². The van der Waals surface area contributed by atoms with Gasteiger partial charge in [0.25, 0.3) is 5.95 Å². The second kappa shape index (κ2) is 1.83. The van der Waals surface area contributed by atoms with Gasteiger partial charge in [0, 0.05) is 0 Å². The first-order chi connectivity index (χ1) is 4.97. The summed E-state index contributed by atoms with van der Waals surface area (Å²) >= 11 is 0. The van der Waals surface area contributed by atoms with Crippen molar-refractivity contribution in [2.75, 3.05) is 0 Å². The normalized spacial score (nSPS) is 10.0. The van der Waals surface area contributed by atoms with Crippen LogP contribution in [0.1, 0.15) is 0 Å². The van der Waals surface area contributed by atoms with Crippen LogP contribution in [0.4, 0.5) is 0 Å². The SMILES string of the molecule is c1n[nH]c(-n2nnnn2)n1. The number of nitrogens with zero attached hydrogens (tertiary/aromatic N) is 7. The van der Waals surface area contributed by atoms with Gasteiger partial charge in [0.15, 0.2) is 0 Å². The van der Waals surface area contributed by atoms with E-state index in [2.05, 4.69) is 36.0 Å². The molecule has 0 fully saturated rings. The number of hydrogen-bond donors (Lipinski definition) is 1. The molecule has 0 aliphatic carbocycles. The molecule has 0 saturated heterocycles. The third kappa shape index (κ3) is 0.623. The summed E-state index contributed by atoms with van der Waals surface area (Å²) in [5.41, 5.74) is 0. The number of aromatic nitrogens is 8. The molecule has 0 aliphatic heterocycles. The highest BCUT2D eigenvalue weighted by Gasteiger charge is 1.99. The van der Waals surface area contributed by atoms with Crippen molar-refractivity contribution in [3.8, 4) is 5.95 Å². The van der Waals surface area contributed by atoms with E-state index in [1.54, 1.807) is 0 Å². The maximum absolute atomic E-state index is 3.75. The fourth-order valence-electron chi connectivity index (χ4n) is 0.510. The van der Waals surface area contributed by atoms with Crippen LogP contribution < -0.4 is 0 Å². The molecule has 0 aliphatic rings. The van der Waals surface area contributed by atoms with Crippen molar-refractivity contribution in [3.05, 3.63) is 6.33 Å². The van der Waals surface area contributed by atoms with Crippen LogP contribution in [0.2, 0.25) is 0 Å². The van der Waals surface area contributed by atoms with Crippen LogP contribution in [0.25, 0.3) is 5.95 Å². The van der Waals surface area contributed by atoms with Crippen molar-refractivity contribution >= 4 is 0 Å². The number of nitrogens with one attached hydrogen (secondary N) is 1. The first-order valence-corrected chi connectivity index (χ1v) is 2.44. The lowest BCUT2D eigenvalue weighted by atomic mass is 11.1. The van der Waals surface area contributed by atoms with Gasteiger partial charge in [-0.1, -0.05) is 4.80 Å². The number of aromatic amines is 1. The largest absolute Gasteiger partial charge is 0.268 e. The van der Waals surface area contributed by atoms with E-state index in [9.17, 15) is 0 Å². The second-order valence-electron chi connectivity index (χ2n) is 1.46. The molecule has 0 radical (unpaired) electrons.